The minimum Gasteiger partial charge on any atom is -0.370 e. The molecule has 0 fully saturated rings. The topological polar surface area (TPSA) is 111 Å². The molecule has 0 saturated carbocycles. The van der Waals surface area contributed by atoms with E-state index in [-0.39, 0.29) is 12.5 Å². The Bertz CT molecular complexity index is 523. The standard InChI is InChI=1S/C11H17N3O4S/c1-18-10(7-12)11(15)13-8-3-5-9(6-4-8)14-19(2,16)17/h3-6,10,14H,7,12H2,1-2H3,(H,13,15). The maximum absolute atomic E-state index is 11.7. The predicted octanol–water partition coefficient (Wildman–Crippen LogP) is -0.0297. The summed E-state index contributed by atoms with van der Waals surface area (Å²) in [6.45, 7) is 0.0794. The number of methoxy groups -OCH3 is 1. The summed E-state index contributed by atoms with van der Waals surface area (Å²) < 4.78 is 29.3. The minimum absolute atomic E-state index is 0.0794. The molecule has 0 heterocycles. The van der Waals surface area contributed by atoms with Gasteiger partial charge < -0.3 is 15.8 Å². The molecule has 8 heteroatoms. The number of sulfonamides is 1. The zero-order chi connectivity index (χ0) is 14.5. The molecule has 1 aromatic rings. The average molecular weight is 287 g/mol. The van der Waals surface area contributed by atoms with Crippen LogP contribution in [0.3, 0.4) is 0 Å². The van der Waals surface area contributed by atoms with E-state index in [4.69, 9.17) is 10.5 Å². The van der Waals surface area contributed by atoms with E-state index in [9.17, 15) is 13.2 Å². The highest BCUT2D eigenvalue weighted by Gasteiger charge is 2.15. The van der Waals surface area contributed by atoms with Crippen LogP contribution in [0.4, 0.5) is 11.4 Å². The van der Waals surface area contributed by atoms with Crippen LogP contribution < -0.4 is 15.8 Å². The SMILES string of the molecule is COC(CN)C(=O)Nc1ccc(NS(C)(=O)=O)cc1. The molecule has 1 amide bonds. The van der Waals surface area contributed by atoms with Crippen LogP contribution >= 0.6 is 0 Å². The third kappa shape index (κ3) is 5.25. The van der Waals surface area contributed by atoms with Gasteiger partial charge in [-0.1, -0.05) is 0 Å². The van der Waals surface area contributed by atoms with Gasteiger partial charge in [0.05, 0.1) is 6.26 Å². The van der Waals surface area contributed by atoms with Crippen LogP contribution in [-0.2, 0) is 19.6 Å². The van der Waals surface area contributed by atoms with Gasteiger partial charge >= 0.3 is 0 Å². The Labute approximate surface area is 112 Å². The lowest BCUT2D eigenvalue weighted by atomic mass is 10.2. The van der Waals surface area contributed by atoms with Crippen molar-refractivity contribution in [3.05, 3.63) is 24.3 Å². The van der Waals surface area contributed by atoms with Gasteiger partial charge in [-0.25, -0.2) is 8.42 Å². The van der Waals surface area contributed by atoms with Gasteiger partial charge in [0.15, 0.2) is 0 Å². The first kappa shape index (κ1) is 15.4. The van der Waals surface area contributed by atoms with E-state index in [0.717, 1.165) is 6.26 Å². The van der Waals surface area contributed by atoms with Gasteiger partial charge in [0.2, 0.25) is 10.0 Å². The number of carbonyl (C=O) groups excluding carboxylic acids is 1. The molecule has 0 radical (unpaired) electrons. The highest BCUT2D eigenvalue weighted by molar-refractivity contribution is 7.92. The Balaban J connectivity index is 2.69. The molecule has 0 spiro atoms. The van der Waals surface area contributed by atoms with E-state index in [1.165, 1.54) is 7.11 Å². The van der Waals surface area contributed by atoms with Crippen LogP contribution in [0.1, 0.15) is 0 Å². The quantitative estimate of drug-likeness (QED) is 0.680. The molecule has 0 aromatic heterocycles. The van der Waals surface area contributed by atoms with Crippen LogP contribution in [0, 0.1) is 0 Å². The molecule has 0 bridgehead atoms. The Morgan fingerprint density at radius 1 is 1.32 bits per heavy atom. The van der Waals surface area contributed by atoms with Crippen molar-refractivity contribution in [1.29, 1.82) is 0 Å². The van der Waals surface area contributed by atoms with Gasteiger partial charge in [0.1, 0.15) is 6.10 Å². The van der Waals surface area contributed by atoms with Gasteiger partial charge in [0.25, 0.3) is 5.91 Å². The molecular weight excluding hydrogens is 270 g/mol. The monoisotopic (exact) mass is 287 g/mol. The predicted molar refractivity (Wildman–Crippen MR) is 73.4 cm³/mol. The smallest absolute Gasteiger partial charge is 0.254 e. The Hall–Kier alpha value is -1.64. The minimum atomic E-state index is -3.31. The van der Waals surface area contributed by atoms with Gasteiger partial charge in [0, 0.05) is 25.0 Å². The zero-order valence-corrected chi connectivity index (χ0v) is 11.5. The number of rotatable bonds is 6. The molecule has 106 valence electrons. The second kappa shape index (κ2) is 6.50. The largest absolute Gasteiger partial charge is 0.370 e. The van der Waals surface area contributed by atoms with Crippen molar-refractivity contribution in [3.8, 4) is 0 Å². The highest BCUT2D eigenvalue weighted by Crippen LogP contribution is 2.14. The maximum Gasteiger partial charge on any atom is 0.254 e. The molecule has 1 aromatic carbocycles. The average Bonchev–Trinajstić information content (AvgIpc) is 2.31. The molecule has 1 atom stereocenters. The molecule has 0 aliphatic heterocycles. The fourth-order valence-corrected chi connectivity index (χ4v) is 1.93. The summed E-state index contributed by atoms with van der Waals surface area (Å²) in [5.74, 6) is -0.353. The summed E-state index contributed by atoms with van der Waals surface area (Å²) in [6.07, 6.45) is 0.349. The lowest BCUT2D eigenvalue weighted by Gasteiger charge is -2.13. The van der Waals surface area contributed by atoms with Crippen molar-refractivity contribution in [1.82, 2.24) is 0 Å². The third-order valence-electron chi connectivity index (χ3n) is 2.25. The van der Waals surface area contributed by atoms with E-state index in [1.54, 1.807) is 24.3 Å². The maximum atomic E-state index is 11.7. The Kier molecular flexibility index (Phi) is 5.28. The lowest BCUT2D eigenvalue weighted by Crippen LogP contribution is -2.35. The van der Waals surface area contributed by atoms with Crippen molar-refractivity contribution in [2.45, 2.75) is 6.10 Å². The van der Waals surface area contributed by atoms with Crippen molar-refractivity contribution in [3.63, 3.8) is 0 Å². The van der Waals surface area contributed by atoms with Crippen molar-refractivity contribution in [2.24, 2.45) is 5.73 Å². The second-order valence-electron chi connectivity index (χ2n) is 3.90. The summed E-state index contributed by atoms with van der Waals surface area (Å²) >= 11 is 0. The molecule has 4 N–H and O–H groups in total. The van der Waals surface area contributed by atoms with Crippen LogP contribution in [-0.4, -0.2) is 40.3 Å². The molecule has 0 aliphatic carbocycles. The van der Waals surface area contributed by atoms with E-state index in [1.807, 2.05) is 0 Å². The molecular formula is C11H17N3O4S. The van der Waals surface area contributed by atoms with Crippen molar-refractivity contribution < 1.29 is 17.9 Å². The number of ether oxygens (including phenoxy) is 1. The summed E-state index contributed by atoms with van der Waals surface area (Å²) in [4.78, 5) is 11.7. The summed E-state index contributed by atoms with van der Waals surface area (Å²) in [6, 6.07) is 6.24. The van der Waals surface area contributed by atoms with Gasteiger partial charge in [-0.3, -0.25) is 9.52 Å². The first-order chi connectivity index (χ1) is 8.85. The molecule has 1 rings (SSSR count). The van der Waals surface area contributed by atoms with Crippen LogP contribution in [0.2, 0.25) is 0 Å². The second-order valence-corrected chi connectivity index (χ2v) is 5.65. The third-order valence-corrected chi connectivity index (χ3v) is 2.85. The van der Waals surface area contributed by atoms with Crippen molar-refractivity contribution >= 4 is 27.3 Å². The molecule has 0 aliphatic rings. The molecule has 0 saturated heterocycles. The number of hydrogen-bond acceptors (Lipinski definition) is 5. The summed E-state index contributed by atoms with van der Waals surface area (Å²) in [7, 11) is -1.91. The fraction of sp³-hybridized carbons (Fsp3) is 0.364. The number of nitrogens with two attached hydrogens (primary N) is 1. The lowest BCUT2D eigenvalue weighted by molar-refractivity contribution is -0.125. The Morgan fingerprint density at radius 3 is 2.26 bits per heavy atom. The van der Waals surface area contributed by atoms with Gasteiger partial charge in [-0.2, -0.15) is 0 Å². The number of amides is 1. The molecule has 1 unspecified atom stereocenters. The van der Waals surface area contributed by atoms with Gasteiger partial charge in [-0.15, -0.1) is 0 Å². The Morgan fingerprint density at radius 2 is 1.84 bits per heavy atom. The zero-order valence-electron chi connectivity index (χ0n) is 10.7. The fourth-order valence-electron chi connectivity index (χ4n) is 1.37. The van der Waals surface area contributed by atoms with Crippen LogP contribution in [0.25, 0.3) is 0 Å². The van der Waals surface area contributed by atoms with Crippen molar-refractivity contribution in [2.75, 3.05) is 29.9 Å². The number of benzene rings is 1. The summed E-state index contributed by atoms with van der Waals surface area (Å²) in [5.41, 5.74) is 6.32. The number of hydrogen-bond donors (Lipinski definition) is 3. The first-order valence-electron chi connectivity index (χ1n) is 5.47. The van der Waals surface area contributed by atoms with E-state index < -0.39 is 16.1 Å². The normalized spacial score (nSPS) is 12.8. The molecule has 7 nitrogen and oxygen atoms in total. The summed E-state index contributed by atoms with van der Waals surface area (Å²) in [5, 5.41) is 2.61. The number of nitrogens with one attached hydrogen (secondary N) is 2. The highest BCUT2D eigenvalue weighted by atomic mass is 32.2. The van der Waals surface area contributed by atoms with E-state index >= 15 is 0 Å². The van der Waals surface area contributed by atoms with E-state index in [0.29, 0.717) is 11.4 Å². The number of carbonyl (C=O) groups is 1. The first-order valence-corrected chi connectivity index (χ1v) is 7.36. The molecule has 19 heavy (non-hydrogen) atoms. The number of anilines is 2. The van der Waals surface area contributed by atoms with Gasteiger partial charge in [-0.05, 0) is 24.3 Å². The van der Waals surface area contributed by atoms with Crippen LogP contribution in [0.15, 0.2) is 24.3 Å². The van der Waals surface area contributed by atoms with Crippen LogP contribution in [0.5, 0.6) is 0 Å². The van der Waals surface area contributed by atoms with E-state index in [2.05, 4.69) is 10.0 Å².